The summed E-state index contributed by atoms with van der Waals surface area (Å²) in [4.78, 5) is 2.44. The lowest BCUT2D eigenvalue weighted by Crippen LogP contribution is -2.38. The second-order valence-electron chi connectivity index (χ2n) is 4.84. The summed E-state index contributed by atoms with van der Waals surface area (Å²) >= 11 is 0. The largest absolute Gasteiger partial charge is 0.395 e. The van der Waals surface area contributed by atoms with E-state index < -0.39 is 0 Å². The first-order valence-corrected chi connectivity index (χ1v) is 6.50. The number of hydrogen-bond donors (Lipinski definition) is 1. The van der Waals surface area contributed by atoms with Gasteiger partial charge in [0.05, 0.1) is 19.8 Å². The van der Waals surface area contributed by atoms with Crippen LogP contribution in [-0.4, -0.2) is 49.0 Å². The monoisotopic (exact) mass is 225 g/mol. The molecule has 1 saturated carbocycles. The zero-order chi connectivity index (χ0) is 11.2. The molecule has 0 aromatic heterocycles. The van der Waals surface area contributed by atoms with Gasteiger partial charge in [-0.05, 0) is 24.8 Å². The maximum atomic E-state index is 9.13. The number of aliphatic hydroxyl groups is 1. The summed E-state index contributed by atoms with van der Waals surface area (Å²) in [5, 5.41) is 9.13. The van der Waals surface area contributed by atoms with Crippen LogP contribution in [0.1, 0.15) is 32.1 Å². The number of ether oxygens (including phenoxy) is 1. The highest BCUT2D eigenvalue weighted by molar-refractivity contribution is 5.07. The molecule has 0 aromatic rings. The van der Waals surface area contributed by atoms with Crippen molar-refractivity contribution in [1.82, 2.24) is 4.90 Å². The Hall–Kier alpha value is -0.380. The normalized spacial score (nSPS) is 22.8. The molecule has 92 valence electrons. The molecule has 0 amide bonds. The fraction of sp³-hybridized carbons (Fsp3) is 0.846. The van der Waals surface area contributed by atoms with E-state index >= 15 is 0 Å². The SMILES string of the molecule is OCCN(CC1=CCCOC1)C1CCCC1. The number of aliphatic hydroxyl groups excluding tert-OH is 1. The zero-order valence-electron chi connectivity index (χ0n) is 10.0. The Bertz CT molecular complexity index is 234. The van der Waals surface area contributed by atoms with Crippen LogP contribution in [0.5, 0.6) is 0 Å². The molecule has 0 aromatic carbocycles. The Kier molecular flexibility index (Phi) is 4.82. The molecule has 1 fully saturated rings. The van der Waals surface area contributed by atoms with Gasteiger partial charge < -0.3 is 9.84 Å². The predicted octanol–water partition coefficient (Wildman–Crippen LogP) is 1.57. The topological polar surface area (TPSA) is 32.7 Å². The highest BCUT2D eigenvalue weighted by Gasteiger charge is 2.23. The molecule has 1 heterocycles. The van der Waals surface area contributed by atoms with Crippen molar-refractivity contribution in [1.29, 1.82) is 0 Å². The van der Waals surface area contributed by atoms with Crippen LogP contribution < -0.4 is 0 Å². The van der Waals surface area contributed by atoms with Gasteiger partial charge in [-0.2, -0.15) is 0 Å². The summed E-state index contributed by atoms with van der Waals surface area (Å²) in [6.45, 7) is 3.72. The maximum Gasteiger partial charge on any atom is 0.0689 e. The van der Waals surface area contributed by atoms with Crippen molar-refractivity contribution in [3.05, 3.63) is 11.6 Å². The Balaban J connectivity index is 1.88. The Labute approximate surface area is 98.1 Å². The van der Waals surface area contributed by atoms with E-state index in [-0.39, 0.29) is 6.61 Å². The quantitative estimate of drug-likeness (QED) is 0.721. The minimum Gasteiger partial charge on any atom is -0.395 e. The van der Waals surface area contributed by atoms with Crippen LogP contribution in [0.15, 0.2) is 11.6 Å². The van der Waals surface area contributed by atoms with Gasteiger partial charge in [0.15, 0.2) is 0 Å². The Morgan fingerprint density at radius 3 is 2.81 bits per heavy atom. The molecule has 0 saturated heterocycles. The summed E-state index contributed by atoms with van der Waals surface area (Å²) < 4.78 is 5.47. The molecule has 3 nitrogen and oxygen atoms in total. The fourth-order valence-corrected chi connectivity index (χ4v) is 2.77. The van der Waals surface area contributed by atoms with Crippen molar-refractivity contribution in [2.75, 3.05) is 32.9 Å². The third-order valence-corrected chi connectivity index (χ3v) is 3.62. The van der Waals surface area contributed by atoms with Crippen LogP contribution in [0.4, 0.5) is 0 Å². The predicted molar refractivity (Wildman–Crippen MR) is 64.4 cm³/mol. The fourth-order valence-electron chi connectivity index (χ4n) is 2.77. The van der Waals surface area contributed by atoms with Crippen molar-refractivity contribution >= 4 is 0 Å². The first-order chi connectivity index (χ1) is 7.90. The molecule has 3 heteroatoms. The molecule has 2 aliphatic rings. The van der Waals surface area contributed by atoms with Gasteiger partial charge in [-0.15, -0.1) is 0 Å². The molecule has 0 unspecified atom stereocenters. The average Bonchev–Trinajstić information content (AvgIpc) is 2.83. The van der Waals surface area contributed by atoms with Crippen molar-refractivity contribution in [2.24, 2.45) is 0 Å². The van der Waals surface area contributed by atoms with Crippen molar-refractivity contribution in [2.45, 2.75) is 38.1 Å². The van der Waals surface area contributed by atoms with Gasteiger partial charge in [-0.25, -0.2) is 0 Å². The van der Waals surface area contributed by atoms with E-state index in [4.69, 9.17) is 9.84 Å². The van der Waals surface area contributed by atoms with E-state index in [9.17, 15) is 0 Å². The number of rotatable bonds is 5. The Morgan fingerprint density at radius 2 is 2.19 bits per heavy atom. The molecular formula is C13H23NO2. The van der Waals surface area contributed by atoms with E-state index in [0.29, 0.717) is 6.04 Å². The molecule has 0 atom stereocenters. The maximum absolute atomic E-state index is 9.13. The van der Waals surface area contributed by atoms with Crippen LogP contribution >= 0.6 is 0 Å². The van der Waals surface area contributed by atoms with Crippen LogP contribution in [-0.2, 0) is 4.74 Å². The molecule has 16 heavy (non-hydrogen) atoms. The highest BCUT2D eigenvalue weighted by atomic mass is 16.5. The minimum absolute atomic E-state index is 0.268. The van der Waals surface area contributed by atoms with E-state index in [1.807, 2.05) is 0 Å². The van der Waals surface area contributed by atoms with Crippen molar-refractivity contribution in [3.8, 4) is 0 Å². The summed E-state index contributed by atoms with van der Waals surface area (Å²) in [6.07, 6.45) is 8.66. The van der Waals surface area contributed by atoms with Crippen LogP contribution in [0, 0.1) is 0 Å². The molecule has 0 spiro atoms. The summed E-state index contributed by atoms with van der Waals surface area (Å²) in [5.41, 5.74) is 1.40. The van der Waals surface area contributed by atoms with Crippen LogP contribution in [0.25, 0.3) is 0 Å². The van der Waals surface area contributed by atoms with Gasteiger partial charge in [0.1, 0.15) is 0 Å². The lowest BCUT2D eigenvalue weighted by atomic mass is 10.1. The summed E-state index contributed by atoms with van der Waals surface area (Å²) in [5.74, 6) is 0. The van der Waals surface area contributed by atoms with Crippen LogP contribution in [0.3, 0.4) is 0 Å². The van der Waals surface area contributed by atoms with Gasteiger partial charge in [-0.1, -0.05) is 18.9 Å². The summed E-state index contributed by atoms with van der Waals surface area (Å²) in [7, 11) is 0. The lowest BCUT2D eigenvalue weighted by molar-refractivity contribution is 0.125. The van der Waals surface area contributed by atoms with E-state index in [0.717, 1.165) is 32.7 Å². The molecule has 1 N–H and O–H groups in total. The molecular weight excluding hydrogens is 202 g/mol. The number of hydrogen-bond acceptors (Lipinski definition) is 3. The highest BCUT2D eigenvalue weighted by Crippen LogP contribution is 2.24. The molecule has 0 radical (unpaired) electrons. The Morgan fingerprint density at radius 1 is 1.38 bits per heavy atom. The third kappa shape index (κ3) is 3.30. The van der Waals surface area contributed by atoms with Gasteiger partial charge in [-0.3, -0.25) is 4.90 Å². The molecule has 1 aliphatic carbocycles. The van der Waals surface area contributed by atoms with E-state index in [2.05, 4.69) is 11.0 Å². The van der Waals surface area contributed by atoms with Crippen molar-refractivity contribution in [3.63, 3.8) is 0 Å². The minimum atomic E-state index is 0.268. The van der Waals surface area contributed by atoms with Gasteiger partial charge in [0.25, 0.3) is 0 Å². The third-order valence-electron chi connectivity index (χ3n) is 3.62. The first-order valence-electron chi connectivity index (χ1n) is 6.50. The molecule has 2 rings (SSSR count). The summed E-state index contributed by atoms with van der Waals surface area (Å²) in [6, 6.07) is 0.690. The average molecular weight is 225 g/mol. The molecule has 0 bridgehead atoms. The van der Waals surface area contributed by atoms with Gasteiger partial charge in [0, 0.05) is 19.1 Å². The van der Waals surface area contributed by atoms with Crippen molar-refractivity contribution < 1.29 is 9.84 Å². The second kappa shape index (κ2) is 6.38. The standard InChI is InChI=1S/C13H23NO2/c15-8-7-14(13-5-1-2-6-13)10-12-4-3-9-16-11-12/h4,13,15H,1-3,5-11H2. The number of nitrogens with zero attached hydrogens (tertiary/aromatic N) is 1. The first kappa shape index (κ1) is 12.1. The van der Waals surface area contributed by atoms with Gasteiger partial charge >= 0.3 is 0 Å². The lowest BCUT2D eigenvalue weighted by Gasteiger charge is -2.30. The smallest absolute Gasteiger partial charge is 0.0689 e. The van der Waals surface area contributed by atoms with E-state index in [1.54, 1.807) is 0 Å². The zero-order valence-corrected chi connectivity index (χ0v) is 10.0. The van der Waals surface area contributed by atoms with Crippen LogP contribution in [0.2, 0.25) is 0 Å². The second-order valence-corrected chi connectivity index (χ2v) is 4.84. The van der Waals surface area contributed by atoms with E-state index in [1.165, 1.54) is 31.3 Å². The van der Waals surface area contributed by atoms with Gasteiger partial charge in [0.2, 0.25) is 0 Å². The molecule has 1 aliphatic heterocycles.